The fraction of sp³-hybridized carbons (Fsp3) is 0.211. The van der Waals surface area contributed by atoms with Crippen LogP contribution in [-0.4, -0.2) is 42.1 Å². The fourth-order valence-electron chi connectivity index (χ4n) is 2.20. The van der Waals surface area contributed by atoms with Crippen LogP contribution in [0.15, 0.2) is 53.0 Å². The Morgan fingerprint density at radius 1 is 1.15 bits per heavy atom. The number of anilines is 1. The molecule has 0 spiro atoms. The number of halogens is 1. The Morgan fingerprint density at radius 2 is 1.85 bits per heavy atom. The SMILES string of the molecule is Cc1cc(Br)ccc1NC(=O)COC(=O)[C@H](CO)NC(=O)c1ccccc1. The summed E-state index contributed by atoms with van der Waals surface area (Å²) in [5, 5.41) is 14.3. The van der Waals surface area contributed by atoms with Gasteiger partial charge in [0.25, 0.3) is 11.8 Å². The lowest BCUT2D eigenvalue weighted by atomic mass is 10.2. The maximum absolute atomic E-state index is 12.0. The van der Waals surface area contributed by atoms with E-state index in [2.05, 4.69) is 26.6 Å². The van der Waals surface area contributed by atoms with Crippen LogP contribution in [0, 0.1) is 6.92 Å². The molecule has 2 amide bonds. The van der Waals surface area contributed by atoms with Crippen molar-refractivity contribution in [3.63, 3.8) is 0 Å². The van der Waals surface area contributed by atoms with Crippen molar-refractivity contribution in [1.29, 1.82) is 0 Å². The van der Waals surface area contributed by atoms with Gasteiger partial charge in [-0.05, 0) is 42.8 Å². The Balaban J connectivity index is 1.87. The maximum atomic E-state index is 12.0. The van der Waals surface area contributed by atoms with Crippen molar-refractivity contribution in [1.82, 2.24) is 5.32 Å². The molecule has 0 unspecified atom stereocenters. The average molecular weight is 435 g/mol. The Morgan fingerprint density at radius 3 is 2.48 bits per heavy atom. The number of amides is 2. The number of carbonyl (C=O) groups is 3. The third kappa shape index (κ3) is 6.19. The van der Waals surface area contributed by atoms with Crippen LogP contribution in [0.5, 0.6) is 0 Å². The number of rotatable bonds is 7. The topological polar surface area (TPSA) is 105 Å². The Hall–Kier alpha value is -2.71. The van der Waals surface area contributed by atoms with Crippen molar-refractivity contribution in [3.8, 4) is 0 Å². The number of esters is 1. The van der Waals surface area contributed by atoms with E-state index in [1.807, 2.05) is 13.0 Å². The van der Waals surface area contributed by atoms with Crippen LogP contribution in [0.1, 0.15) is 15.9 Å². The Kier molecular flexibility index (Phi) is 7.51. The largest absolute Gasteiger partial charge is 0.454 e. The molecule has 27 heavy (non-hydrogen) atoms. The van der Waals surface area contributed by atoms with Crippen molar-refractivity contribution in [2.75, 3.05) is 18.5 Å². The molecule has 0 fully saturated rings. The molecule has 0 aromatic heterocycles. The summed E-state index contributed by atoms with van der Waals surface area (Å²) in [6.45, 7) is 0.643. The maximum Gasteiger partial charge on any atom is 0.331 e. The number of hydrogen-bond acceptors (Lipinski definition) is 5. The van der Waals surface area contributed by atoms with Crippen molar-refractivity contribution in [2.24, 2.45) is 0 Å². The molecule has 0 heterocycles. The first kappa shape index (κ1) is 20.6. The van der Waals surface area contributed by atoms with Gasteiger partial charge in [0.1, 0.15) is 0 Å². The fourth-order valence-corrected chi connectivity index (χ4v) is 2.68. The van der Waals surface area contributed by atoms with E-state index in [1.165, 1.54) is 0 Å². The van der Waals surface area contributed by atoms with Gasteiger partial charge >= 0.3 is 5.97 Å². The summed E-state index contributed by atoms with van der Waals surface area (Å²) in [7, 11) is 0. The minimum atomic E-state index is -1.26. The molecule has 2 aromatic rings. The summed E-state index contributed by atoms with van der Waals surface area (Å²) in [5.74, 6) is -1.95. The molecule has 3 N–H and O–H groups in total. The van der Waals surface area contributed by atoms with E-state index in [9.17, 15) is 19.5 Å². The molecule has 0 bridgehead atoms. The molecule has 0 saturated heterocycles. The molecule has 2 aromatic carbocycles. The molecular formula is C19H19BrN2O5. The van der Waals surface area contributed by atoms with Gasteiger partial charge in [-0.1, -0.05) is 34.1 Å². The molecule has 7 nitrogen and oxygen atoms in total. The standard InChI is InChI=1S/C19H19BrN2O5/c1-12-9-14(20)7-8-15(12)21-17(24)11-27-19(26)16(10-23)22-18(25)13-5-3-2-4-6-13/h2-9,16,23H,10-11H2,1H3,(H,21,24)(H,22,25)/t16-/m0/s1. The van der Waals surface area contributed by atoms with Crippen molar-refractivity contribution >= 4 is 39.4 Å². The van der Waals surface area contributed by atoms with E-state index in [1.54, 1.807) is 42.5 Å². The zero-order valence-corrected chi connectivity index (χ0v) is 16.2. The van der Waals surface area contributed by atoms with Crippen molar-refractivity contribution in [2.45, 2.75) is 13.0 Å². The normalized spacial score (nSPS) is 11.4. The number of aryl methyl sites for hydroxylation is 1. The molecule has 142 valence electrons. The number of aliphatic hydroxyl groups is 1. The van der Waals surface area contributed by atoms with Crippen LogP contribution in [-0.2, 0) is 14.3 Å². The number of carbonyl (C=O) groups excluding carboxylic acids is 3. The molecule has 0 saturated carbocycles. The molecule has 0 radical (unpaired) electrons. The molecule has 2 rings (SSSR count). The predicted molar refractivity (Wildman–Crippen MR) is 103 cm³/mol. The first-order chi connectivity index (χ1) is 12.9. The highest BCUT2D eigenvalue weighted by Crippen LogP contribution is 2.19. The van der Waals surface area contributed by atoms with Gasteiger partial charge in [-0.2, -0.15) is 0 Å². The van der Waals surface area contributed by atoms with Crippen LogP contribution in [0.25, 0.3) is 0 Å². The molecule has 0 aliphatic rings. The molecule has 8 heteroatoms. The van der Waals surface area contributed by atoms with Gasteiger partial charge < -0.3 is 20.5 Å². The molecular weight excluding hydrogens is 416 g/mol. The number of hydrogen-bond donors (Lipinski definition) is 3. The van der Waals surface area contributed by atoms with E-state index in [-0.39, 0.29) is 0 Å². The van der Waals surface area contributed by atoms with Gasteiger partial charge in [0, 0.05) is 15.7 Å². The lowest BCUT2D eigenvalue weighted by molar-refractivity contribution is -0.150. The van der Waals surface area contributed by atoms with Crippen LogP contribution < -0.4 is 10.6 Å². The number of ether oxygens (including phenoxy) is 1. The van der Waals surface area contributed by atoms with Crippen LogP contribution in [0.3, 0.4) is 0 Å². The monoisotopic (exact) mass is 434 g/mol. The van der Waals surface area contributed by atoms with Gasteiger partial charge in [-0.3, -0.25) is 9.59 Å². The third-order valence-electron chi connectivity index (χ3n) is 3.62. The highest BCUT2D eigenvalue weighted by Gasteiger charge is 2.23. The zero-order valence-electron chi connectivity index (χ0n) is 14.6. The Bertz CT molecular complexity index is 826. The smallest absolute Gasteiger partial charge is 0.331 e. The summed E-state index contributed by atoms with van der Waals surface area (Å²) in [6.07, 6.45) is 0. The van der Waals surface area contributed by atoms with E-state index in [0.717, 1.165) is 10.0 Å². The van der Waals surface area contributed by atoms with Crippen molar-refractivity contribution < 1.29 is 24.2 Å². The van der Waals surface area contributed by atoms with Crippen molar-refractivity contribution in [3.05, 3.63) is 64.1 Å². The average Bonchev–Trinajstić information content (AvgIpc) is 2.67. The van der Waals surface area contributed by atoms with Crippen LogP contribution in [0.4, 0.5) is 5.69 Å². The first-order valence-electron chi connectivity index (χ1n) is 8.10. The molecule has 0 aliphatic carbocycles. The van der Waals surface area contributed by atoms with Crippen LogP contribution in [0.2, 0.25) is 0 Å². The van der Waals surface area contributed by atoms with Gasteiger partial charge in [0.05, 0.1) is 6.61 Å². The van der Waals surface area contributed by atoms with Gasteiger partial charge in [0.2, 0.25) is 0 Å². The zero-order chi connectivity index (χ0) is 19.8. The summed E-state index contributed by atoms with van der Waals surface area (Å²) in [6, 6.07) is 12.3. The number of benzene rings is 2. The number of nitrogens with one attached hydrogen (secondary N) is 2. The van der Waals surface area contributed by atoms with Gasteiger partial charge in [-0.25, -0.2) is 4.79 Å². The predicted octanol–water partition coefficient (Wildman–Crippen LogP) is 2.03. The second-order valence-corrected chi connectivity index (χ2v) is 6.61. The van der Waals surface area contributed by atoms with Gasteiger partial charge in [-0.15, -0.1) is 0 Å². The lowest BCUT2D eigenvalue weighted by Crippen LogP contribution is -2.45. The number of aliphatic hydroxyl groups excluding tert-OH is 1. The lowest BCUT2D eigenvalue weighted by Gasteiger charge is -2.15. The second kappa shape index (κ2) is 9.84. The van der Waals surface area contributed by atoms with Crippen LogP contribution >= 0.6 is 15.9 Å². The summed E-state index contributed by atoms with van der Waals surface area (Å²) >= 11 is 3.33. The highest BCUT2D eigenvalue weighted by molar-refractivity contribution is 9.10. The Labute approximate surface area is 164 Å². The third-order valence-corrected chi connectivity index (χ3v) is 4.11. The summed E-state index contributed by atoms with van der Waals surface area (Å²) in [5.41, 5.74) is 1.77. The quantitative estimate of drug-likeness (QED) is 0.578. The van der Waals surface area contributed by atoms with E-state index in [4.69, 9.17) is 4.74 Å². The van der Waals surface area contributed by atoms with E-state index in [0.29, 0.717) is 11.3 Å². The summed E-state index contributed by atoms with van der Waals surface area (Å²) in [4.78, 5) is 36.0. The van der Waals surface area contributed by atoms with Gasteiger partial charge in [0.15, 0.2) is 12.6 Å². The summed E-state index contributed by atoms with van der Waals surface area (Å²) < 4.78 is 5.77. The second-order valence-electron chi connectivity index (χ2n) is 5.69. The van der Waals surface area contributed by atoms with E-state index < -0.39 is 37.0 Å². The molecule has 1 atom stereocenters. The first-order valence-corrected chi connectivity index (χ1v) is 8.89. The highest BCUT2D eigenvalue weighted by atomic mass is 79.9. The minimum absolute atomic E-state index is 0.340. The van der Waals surface area contributed by atoms with E-state index >= 15 is 0 Å². The minimum Gasteiger partial charge on any atom is -0.454 e. The molecule has 0 aliphatic heterocycles.